The first-order valence-corrected chi connectivity index (χ1v) is 14.8. The molecule has 0 aromatic carbocycles. The van der Waals surface area contributed by atoms with Crippen LogP contribution >= 0.6 is 0 Å². The molecule has 2 aromatic rings. The lowest BCUT2D eigenvalue weighted by Crippen LogP contribution is -2.59. The van der Waals surface area contributed by atoms with Gasteiger partial charge in [0.1, 0.15) is 6.54 Å². The van der Waals surface area contributed by atoms with E-state index in [0.717, 1.165) is 50.4 Å². The summed E-state index contributed by atoms with van der Waals surface area (Å²) < 4.78 is 41.2. The van der Waals surface area contributed by atoms with E-state index in [9.17, 15) is 22.8 Å². The number of nitrogens with one attached hydrogen (secondary N) is 2. The van der Waals surface area contributed by atoms with Crippen LogP contribution in [0.2, 0.25) is 0 Å². The summed E-state index contributed by atoms with van der Waals surface area (Å²) in [6, 6.07) is 3.53. The topological polar surface area (TPSA) is 105 Å². The van der Waals surface area contributed by atoms with E-state index < -0.39 is 23.9 Å². The Bertz CT molecular complexity index is 1390. The molecule has 0 spiro atoms. The minimum Gasteiger partial charge on any atom is -0.364 e. The zero-order valence-corrected chi connectivity index (χ0v) is 24.8. The van der Waals surface area contributed by atoms with Crippen molar-refractivity contribution < 1.29 is 22.8 Å². The standard InChI is InChI=1S/C28H39F3N10O2/c1-27(2,18-28(29,30)31)25(43)41-20-6-7-21(41)16-38(15-20)22-5-4-8-40-24(22)34-26(35-40)33-19-13-32-39(14-19)17-23(42)37-11-9-36(3)10-12-37/h4-5,8,14,20-21,32H,6-7,9-13,15-18H2,1-3H3,(H,33,35). The minimum atomic E-state index is -4.40. The van der Waals surface area contributed by atoms with Crippen LogP contribution in [0.15, 0.2) is 30.2 Å². The molecule has 234 valence electrons. The van der Waals surface area contributed by atoms with Gasteiger partial charge in [-0.25, -0.2) is 9.94 Å². The highest BCUT2D eigenvalue weighted by Crippen LogP contribution is 2.40. The SMILES string of the molecule is CN1CCN(C(=O)CN2C=C(Nc3nc4c(N5CC6CCC(C5)N6C(=O)C(C)(C)CC(F)(F)F)cccn4n3)CN2)CC1. The highest BCUT2D eigenvalue weighted by Gasteiger charge is 2.49. The van der Waals surface area contributed by atoms with Gasteiger partial charge in [-0.2, -0.15) is 18.2 Å². The van der Waals surface area contributed by atoms with Crippen molar-refractivity contribution in [3.05, 3.63) is 30.2 Å². The zero-order valence-electron chi connectivity index (χ0n) is 24.8. The highest BCUT2D eigenvalue weighted by molar-refractivity contribution is 5.83. The number of rotatable bonds is 7. The number of aromatic nitrogens is 3. The summed E-state index contributed by atoms with van der Waals surface area (Å²) in [4.78, 5) is 38.7. The molecule has 3 saturated heterocycles. The second-order valence-electron chi connectivity index (χ2n) is 12.7. The zero-order chi connectivity index (χ0) is 30.5. The van der Waals surface area contributed by atoms with Gasteiger partial charge in [0.05, 0.1) is 29.8 Å². The Labute approximate surface area is 248 Å². The Morgan fingerprint density at radius 3 is 2.47 bits per heavy atom. The average molecular weight is 605 g/mol. The van der Waals surface area contributed by atoms with Crippen LogP contribution in [0.25, 0.3) is 5.65 Å². The van der Waals surface area contributed by atoms with Crippen molar-refractivity contribution >= 4 is 29.1 Å². The summed E-state index contributed by atoms with van der Waals surface area (Å²) >= 11 is 0. The molecule has 43 heavy (non-hydrogen) atoms. The largest absolute Gasteiger partial charge is 0.390 e. The van der Waals surface area contributed by atoms with Gasteiger partial charge in [-0.1, -0.05) is 13.8 Å². The third-order valence-corrected chi connectivity index (χ3v) is 8.84. The number of alkyl halides is 3. The van der Waals surface area contributed by atoms with E-state index in [1.807, 2.05) is 29.4 Å². The van der Waals surface area contributed by atoms with Crippen LogP contribution in [0, 0.1) is 5.41 Å². The number of anilines is 2. The van der Waals surface area contributed by atoms with E-state index in [-0.39, 0.29) is 24.5 Å². The van der Waals surface area contributed by atoms with E-state index in [1.54, 1.807) is 14.4 Å². The molecule has 2 aromatic heterocycles. The maximum absolute atomic E-state index is 13.3. The van der Waals surface area contributed by atoms with Crippen LogP contribution < -0.4 is 15.6 Å². The monoisotopic (exact) mass is 604 g/mol. The molecule has 0 saturated carbocycles. The number of halogens is 3. The summed E-state index contributed by atoms with van der Waals surface area (Å²) in [6.07, 6.45) is -0.356. The highest BCUT2D eigenvalue weighted by atomic mass is 19.4. The minimum absolute atomic E-state index is 0.0771. The van der Waals surface area contributed by atoms with Crippen LogP contribution in [0.3, 0.4) is 0 Å². The van der Waals surface area contributed by atoms with Crippen molar-refractivity contribution in [2.75, 3.05) is 69.6 Å². The van der Waals surface area contributed by atoms with E-state index >= 15 is 0 Å². The molecule has 6 heterocycles. The molecular weight excluding hydrogens is 565 g/mol. The second-order valence-corrected chi connectivity index (χ2v) is 12.7. The number of hydrogen-bond donors (Lipinski definition) is 2. The van der Waals surface area contributed by atoms with Gasteiger partial charge < -0.3 is 29.9 Å². The van der Waals surface area contributed by atoms with Crippen molar-refractivity contribution in [1.82, 2.24) is 39.7 Å². The molecule has 4 aliphatic heterocycles. The fourth-order valence-corrected chi connectivity index (χ4v) is 6.64. The molecule has 15 heteroatoms. The fourth-order valence-electron chi connectivity index (χ4n) is 6.64. The molecule has 4 aliphatic rings. The quantitative estimate of drug-likeness (QED) is 0.489. The molecule has 2 atom stereocenters. The van der Waals surface area contributed by atoms with Gasteiger partial charge in [-0.15, -0.1) is 5.10 Å². The van der Waals surface area contributed by atoms with Crippen LogP contribution in [0.4, 0.5) is 24.8 Å². The Balaban J connectivity index is 1.11. The van der Waals surface area contributed by atoms with E-state index in [4.69, 9.17) is 4.98 Å². The Hall–Kier alpha value is -3.59. The van der Waals surface area contributed by atoms with E-state index in [0.29, 0.717) is 31.2 Å². The third-order valence-electron chi connectivity index (χ3n) is 8.84. The summed E-state index contributed by atoms with van der Waals surface area (Å²) in [5, 5.41) is 9.62. The van der Waals surface area contributed by atoms with Gasteiger partial charge in [0, 0.05) is 63.7 Å². The lowest BCUT2D eigenvalue weighted by molar-refractivity contribution is -0.172. The normalized spacial score (nSPS) is 23.3. The molecule has 6 rings (SSSR count). The van der Waals surface area contributed by atoms with Gasteiger partial charge in [-0.05, 0) is 32.0 Å². The maximum atomic E-state index is 13.3. The number of pyridine rings is 1. The maximum Gasteiger partial charge on any atom is 0.390 e. The lowest BCUT2D eigenvalue weighted by Gasteiger charge is -2.45. The summed E-state index contributed by atoms with van der Waals surface area (Å²) in [6.45, 7) is 7.76. The lowest BCUT2D eigenvalue weighted by atomic mass is 9.86. The van der Waals surface area contributed by atoms with Gasteiger partial charge in [0.25, 0.3) is 0 Å². The third kappa shape index (κ3) is 6.23. The number of nitrogens with zero attached hydrogens (tertiary/aromatic N) is 8. The summed E-state index contributed by atoms with van der Waals surface area (Å²) in [7, 11) is 2.06. The second kappa shape index (κ2) is 11.2. The molecule has 0 radical (unpaired) electrons. The van der Waals surface area contributed by atoms with Crippen LogP contribution in [-0.4, -0.2) is 124 Å². The first-order valence-electron chi connectivity index (χ1n) is 14.8. The number of amides is 2. The molecule has 0 aliphatic carbocycles. The molecule has 2 N–H and O–H groups in total. The summed E-state index contributed by atoms with van der Waals surface area (Å²) in [5.41, 5.74) is 4.04. The first-order chi connectivity index (χ1) is 20.4. The number of carbonyl (C=O) groups excluding carboxylic acids is 2. The predicted molar refractivity (Wildman–Crippen MR) is 154 cm³/mol. The number of likely N-dealkylation sites (N-methyl/N-ethyl adjacent to an activating group) is 1. The Morgan fingerprint density at radius 2 is 1.79 bits per heavy atom. The number of hydrazine groups is 1. The molecular formula is C28H39F3N10O2. The fraction of sp³-hybridized carbons (Fsp3) is 0.643. The van der Waals surface area contributed by atoms with Crippen molar-refractivity contribution in [3.8, 4) is 0 Å². The van der Waals surface area contributed by atoms with Gasteiger partial charge in [0.2, 0.25) is 17.8 Å². The van der Waals surface area contributed by atoms with Crippen LogP contribution in [0.1, 0.15) is 33.1 Å². The molecule has 3 fully saturated rings. The van der Waals surface area contributed by atoms with Crippen molar-refractivity contribution in [2.24, 2.45) is 5.41 Å². The number of fused-ring (bicyclic) bond motifs is 3. The predicted octanol–water partition coefficient (Wildman–Crippen LogP) is 1.74. The Morgan fingerprint density at radius 1 is 1.09 bits per heavy atom. The summed E-state index contributed by atoms with van der Waals surface area (Å²) in [5.74, 6) is 0.0635. The van der Waals surface area contributed by atoms with Gasteiger partial charge in [0.15, 0.2) is 5.65 Å². The van der Waals surface area contributed by atoms with E-state index in [1.165, 1.54) is 13.8 Å². The van der Waals surface area contributed by atoms with Crippen LogP contribution in [-0.2, 0) is 9.59 Å². The van der Waals surface area contributed by atoms with Crippen molar-refractivity contribution in [1.29, 1.82) is 0 Å². The molecule has 2 unspecified atom stereocenters. The smallest absolute Gasteiger partial charge is 0.364 e. The number of hydrogen-bond acceptors (Lipinski definition) is 9. The molecule has 12 nitrogen and oxygen atoms in total. The number of piperazine rings is 2. The number of carbonyl (C=O) groups is 2. The van der Waals surface area contributed by atoms with Crippen molar-refractivity contribution in [3.63, 3.8) is 0 Å². The first kappa shape index (κ1) is 29.5. The Kier molecular flexibility index (Phi) is 7.65. The van der Waals surface area contributed by atoms with E-state index in [2.05, 4.69) is 32.7 Å². The van der Waals surface area contributed by atoms with Crippen LogP contribution in [0.5, 0.6) is 0 Å². The van der Waals surface area contributed by atoms with Gasteiger partial charge in [-0.3, -0.25) is 9.59 Å². The van der Waals surface area contributed by atoms with Crippen molar-refractivity contribution in [2.45, 2.75) is 51.4 Å². The molecule has 2 bridgehead atoms. The van der Waals surface area contributed by atoms with Gasteiger partial charge >= 0.3 is 6.18 Å². The average Bonchev–Trinajstić information content (AvgIpc) is 3.62. The molecule has 2 amide bonds.